The Kier molecular flexibility index (Phi) is 4.41. The fraction of sp³-hybridized carbons (Fsp3) is 0.529. The molecule has 1 aromatic rings. The minimum atomic E-state index is -0.0288. The van der Waals surface area contributed by atoms with Crippen molar-refractivity contribution in [3.8, 4) is 11.5 Å². The van der Waals surface area contributed by atoms with Gasteiger partial charge in [0.25, 0.3) is 5.91 Å². The summed E-state index contributed by atoms with van der Waals surface area (Å²) in [7, 11) is 0. The van der Waals surface area contributed by atoms with Crippen LogP contribution in [-0.4, -0.2) is 54.6 Å². The van der Waals surface area contributed by atoms with Crippen molar-refractivity contribution in [1.82, 2.24) is 9.80 Å². The van der Waals surface area contributed by atoms with Crippen molar-refractivity contribution in [2.24, 2.45) is 5.92 Å². The van der Waals surface area contributed by atoms with Gasteiger partial charge in [0.15, 0.2) is 11.5 Å². The number of ether oxygens (including phenoxy) is 2. The Morgan fingerprint density at radius 2 is 1.74 bits per heavy atom. The number of carbonyl (C=O) groups excluding carboxylic acids is 2. The monoisotopic (exact) mass is 318 g/mol. The van der Waals surface area contributed by atoms with Gasteiger partial charge in [-0.3, -0.25) is 9.59 Å². The van der Waals surface area contributed by atoms with E-state index in [-0.39, 0.29) is 24.5 Å². The maximum absolute atomic E-state index is 12.6. The minimum absolute atomic E-state index is 0.0288. The van der Waals surface area contributed by atoms with Gasteiger partial charge in [0.05, 0.1) is 0 Å². The zero-order valence-corrected chi connectivity index (χ0v) is 13.6. The average Bonchev–Trinajstić information content (AvgIpc) is 3.07. The molecule has 0 unspecified atom stereocenters. The number of benzene rings is 1. The number of amides is 2. The fourth-order valence-corrected chi connectivity index (χ4v) is 2.83. The molecule has 0 radical (unpaired) electrons. The van der Waals surface area contributed by atoms with Crippen molar-refractivity contribution in [3.05, 3.63) is 23.8 Å². The van der Waals surface area contributed by atoms with Gasteiger partial charge in [0.1, 0.15) is 0 Å². The van der Waals surface area contributed by atoms with Crippen molar-refractivity contribution < 1.29 is 19.1 Å². The van der Waals surface area contributed by atoms with Gasteiger partial charge >= 0.3 is 0 Å². The smallest absolute Gasteiger partial charge is 0.254 e. The van der Waals surface area contributed by atoms with Gasteiger partial charge in [-0.15, -0.1) is 0 Å². The van der Waals surface area contributed by atoms with Crippen LogP contribution < -0.4 is 9.47 Å². The maximum atomic E-state index is 12.6. The lowest BCUT2D eigenvalue weighted by Gasteiger charge is -2.36. The Morgan fingerprint density at radius 1 is 1.09 bits per heavy atom. The second-order valence-electron chi connectivity index (χ2n) is 5.99. The van der Waals surface area contributed by atoms with Crippen LogP contribution in [0.1, 0.15) is 30.6 Å². The Hall–Kier alpha value is -2.24. The van der Waals surface area contributed by atoms with E-state index in [1.165, 1.54) is 0 Å². The number of nitrogens with zero attached hydrogens (tertiary/aromatic N) is 2. The molecule has 0 bridgehead atoms. The third-order valence-corrected chi connectivity index (χ3v) is 4.53. The largest absolute Gasteiger partial charge is 0.454 e. The lowest BCUT2D eigenvalue weighted by Crippen LogP contribution is -2.51. The molecule has 2 amide bonds. The van der Waals surface area contributed by atoms with Gasteiger partial charge in [-0.1, -0.05) is 13.8 Å². The molecule has 2 aliphatic rings. The highest BCUT2D eigenvalue weighted by atomic mass is 16.7. The first-order chi connectivity index (χ1) is 11.1. The molecule has 1 saturated heterocycles. The van der Waals surface area contributed by atoms with Crippen LogP contribution in [0.15, 0.2) is 18.2 Å². The van der Waals surface area contributed by atoms with Gasteiger partial charge in [-0.25, -0.2) is 0 Å². The third-order valence-electron chi connectivity index (χ3n) is 4.53. The second-order valence-corrected chi connectivity index (χ2v) is 5.99. The van der Waals surface area contributed by atoms with Crippen LogP contribution in [0.3, 0.4) is 0 Å². The predicted octanol–water partition coefficient (Wildman–Crippen LogP) is 1.75. The predicted molar refractivity (Wildman–Crippen MR) is 84.5 cm³/mol. The third kappa shape index (κ3) is 3.11. The van der Waals surface area contributed by atoms with Gasteiger partial charge in [-0.05, 0) is 24.6 Å². The molecular weight excluding hydrogens is 296 g/mol. The van der Waals surface area contributed by atoms with E-state index in [1.54, 1.807) is 23.1 Å². The van der Waals surface area contributed by atoms with E-state index < -0.39 is 0 Å². The van der Waals surface area contributed by atoms with Crippen molar-refractivity contribution in [2.45, 2.75) is 20.3 Å². The number of rotatable bonds is 3. The Bertz CT molecular complexity index is 609. The van der Waals surface area contributed by atoms with E-state index in [4.69, 9.17) is 9.47 Å². The molecule has 0 aromatic heterocycles. The average molecular weight is 318 g/mol. The standard InChI is InChI=1S/C17H22N2O4/c1-3-12(2)16(20)18-6-8-19(9-7-18)17(21)13-4-5-14-15(10-13)23-11-22-14/h4-5,10,12H,3,6-9,11H2,1-2H3/t12-/m1/s1. The minimum Gasteiger partial charge on any atom is -0.454 e. The first kappa shape index (κ1) is 15.6. The first-order valence-electron chi connectivity index (χ1n) is 8.08. The maximum Gasteiger partial charge on any atom is 0.254 e. The number of hydrogen-bond donors (Lipinski definition) is 0. The molecule has 1 atom stereocenters. The normalized spacial score (nSPS) is 18.0. The van der Waals surface area contributed by atoms with Crippen molar-refractivity contribution in [2.75, 3.05) is 33.0 Å². The van der Waals surface area contributed by atoms with E-state index in [2.05, 4.69) is 0 Å². The van der Waals surface area contributed by atoms with Gasteiger partial charge < -0.3 is 19.3 Å². The zero-order valence-electron chi connectivity index (χ0n) is 13.6. The highest BCUT2D eigenvalue weighted by Gasteiger charge is 2.27. The molecule has 0 spiro atoms. The lowest BCUT2D eigenvalue weighted by molar-refractivity contribution is -0.136. The summed E-state index contributed by atoms with van der Waals surface area (Å²) >= 11 is 0. The van der Waals surface area contributed by atoms with Crippen LogP contribution in [-0.2, 0) is 4.79 Å². The zero-order chi connectivity index (χ0) is 16.4. The van der Waals surface area contributed by atoms with Crippen molar-refractivity contribution in [1.29, 1.82) is 0 Å². The fourth-order valence-electron chi connectivity index (χ4n) is 2.83. The summed E-state index contributed by atoms with van der Waals surface area (Å²) in [5.74, 6) is 1.49. The molecule has 6 heteroatoms. The molecular formula is C17H22N2O4. The molecule has 0 N–H and O–H groups in total. The quantitative estimate of drug-likeness (QED) is 0.852. The van der Waals surface area contributed by atoms with Gasteiger partial charge in [0, 0.05) is 37.7 Å². The van der Waals surface area contributed by atoms with E-state index in [0.29, 0.717) is 43.2 Å². The first-order valence-corrected chi connectivity index (χ1v) is 8.08. The van der Waals surface area contributed by atoms with E-state index in [1.807, 2.05) is 18.7 Å². The molecule has 2 aliphatic heterocycles. The SMILES string of the molecule is CC[C@@H](C)C(=O)N1CCN(C(=O)c2ccc3c(c2)OCO3)CC1. The van der Waals surface area contributed by atoms with Gasteiger partial charge in [0.2, 0.25) is 12.7 Å². The summed E-state index contributed by atoms with van der Waals surface area (Å²) < 4.78 is 10.6. The highest BCUT2D eigenvalue weighted by molar-refractivity contribution is 5.95. The number of carbonyl (C=O) groups is 2. The molecule has 6 nitrogen and oxygen atoms in total. The van der Waals surface area contributed by atoms with Crippen molar-refractivity contribution >= 4 is 11.8 Å². The van der Waals surface area contributed by atoms with Crippen LogP contribution in [0.25, 0.3) is 0 Å². The summed E-state index contributed by atoms with van der Waals surface area (Å²) in [6.07, 6.45) is 0.842. The summed E-state index contributed by atoms with van der Waals surface area (Å²) in [6, 6.07) is 5.24. The molecule has 0 aliphatic carbocycles. The Morgan fingerprint density at radius 3 is 2.43 bits per heavy atom. The highest BCUT2D eigenvalue weighted by Crippen LogP contribution is 2.32. The van der Waals surface area contributed by atoms with Crippen LogP contribution in [0.5, 0.6) is 11.5 Å². The van der Waals surface area contributed by atoms with Crippen LogP contribution in [0.4, 0.5) is 0 Å². The Balaban J connectivity index is 1.61. The lowest BCUT2D eigenvalue weighted by atomic mass is 10.1. The van der Waals surface area contributed by atoms with E-state index in [9.17, 15) is 9.59 Å². The van der Waals surface area contributed by atoms with Crippen LogP contribution in [0, 0.1) is 5.92 Å². The molecule has 1 fully saturated rings. The second kappa shape index (κ2) is 6.48. The summed E-state index contributed by atoms with van der Waals surface area (Å²) in [6.45, 7) is 6.49. The topological polar surface area (TPSA) is 59.1 Å². The molecule has 2 heterocycles. The molecule has 3 rings (SSSR count). The van der Waals surface area contributed by atoms with E-state index in [0.717, 1.165) is 6.42 Å². The van der Waals surface area contributed by atoms with Crippen LogP contribution in [0.2, 0.25) is 0 Å². The Labute approximate surface area is 136 Å². The summed E-state index contributed by atoms with van der Waals surface area (Å²) in [4.78, 5) is 28.4. The number of hydrogen-bond acceptors (Lipinski definition) is 4. The van der Waals surface area contributed by atoms with Crippen molar-refractivity contribution in [3.63, 3.8) is 0 Å². The van der Waals surface area contributed by atoms with Crippen LogP contribution >= 0.6 is 0 Å². The number of piperazine rings is 1. The number of fused-ring (bicyclic) bond motifs is 1. The molecule has 0 saturated carbocycles. The molecule has 23 heavy (non-hydrogen) atoms. The summed E-state index contributed by atoms with van der Waals surface area (Å²) in [5, 5.41) is 0. The molecule has 124 valence electrons. The van der Waals surface area contributed by atoms with E-state index >= 15 is 0 Å². The summed E-state index contributed by atoms with van der Waals surface area (Å²) in [5.41, 5.74) is 0.593. The molecule has 1 aromatic carbocycles. The van der Waals surface area contributed by atoms with Gasteiger partial charge in [-0.2, -0.15) is 0 Å².